The zero-order valence-corrected chi connectivity index (χ0v) is 28.8. The zero-order valence-electron chi connectivity index (χ0n) is 26.4. The minimum absolute atomic E-state index is 0.0249. The second-order valence-corrected chi connectivity index (χ2v) is 14.4. The van der Waals surface area contributed by atoms with E-state index in [-0.39, 0.29) is 29.8 Å². The molecule has 0 bridgehead atoms. The molecule has 4 aromatic rings. The summed E-state index contributed by atoms with van der Waals surface area (Å²) in [5, 5.41) is 3.20. The van der Waals surface area contributed by atoms with E-state index in [4.69, 9.17) is 4.74 Å². The number of carbonyl (C=O) groups is 2. The van der Waals surface area contributed by atoms with Gasteiger partial charge in [-0.3, -0.25) is 13.9 Å². The molecule has 1 aliphatic carbocycles. The highest BCUT2D eigenvalue weighted by Crippen LogP contribution is 2.27. The van der Waals surface area contributed by atoms with Crippen LogP contribution < -0.4 is 14.4 Å². The standard InChI is InChI=1S/C37H40BrN3O5S/c1-2-46-33-21-23-34(24-22-33)47(44,45)41(32-15-7-4-8-16-32)27-36(42)40(26-29-17-19-30(38)20-18-29)35(25-28-11-5-3-6-12-28)37(43)39-31-13-9-10-14-31/h3-8,11-12,15-24,31,35H,2,9-10,13-14,25-27H2,1H3,(H,39,43)/t35-/m1/s1. The van der Waals surface area contributed by atoms with E-state index in [0.29, 0.717) is 18.0 Å². The lowest BCUT2D eigenvalue weighted by atomic mass is 10.0. The largest absolute Gasteiger partial charge is 0.494 e. The third kappa shape index (κ3) is 9.02. The van der Waals surface area contributed by atoms with Gasteiger partial charge in [0.2, 0.25) is 11.8 Å². The molecule has 0 aromatic heterocycles. The van der Waals surface area contributed by atoms with Crippen molar-refractivity contribution in [1.29, 1.82) is 0 Å². The number of ether oxygens (including phenoxy) is 1. The van der Waals surface area contributed by atoms with Crippen LogP contribution in [0.5, 0.6) is 5.75 Å². The van der Waals surface area contributed by atoms with Crippen LogP contribution in [0.25, 0.3) is 0 Å². The summed E-state index contributed by atoms with van der Waals surface area (Å²) >= 11 is 3.48. The second kappa shape index (κ2) is 16.1. The predicted molar refractivity (Wildman–Crippen MR) is 188 cm³/mol. The third-order valence-corrected chi connectivity index (χ3v) is 10.6. The van der Waals surface area contributed by atoms with E-state index in [9.17, 15) is 18.0 Å². The van der Waals surface area contributed by atoms with Gasteiger partial charge in [0.05, 0.1) is 17.2 Å². The molecule has 47 heavy (non-hydrogen) atoms. The Kier molecular flexibility index (Phi) is 11.7. The van der Waals surface area contributed by atoms with Gasteiger partial charge in [0, 0.05) is 23.5 Å². The van der Waals surface area contributed by atoms with Crippen molar-refractivity contribution in [1.82, 2.24) is 10.2 Å². The quantitative estimate of drug-likeness (QED) is 0.156. The first-order valence-electron chi connectivity index (χ1n) is 15.9. The Morgan fingerprint density at radius 1 is 0.851 bits per heavy atom. The number of carbonyl (C=O) groups excluding carboxylic acids is 2. The Bertz CT molecular complexity index is 1710. The molecule has 0 heterocycles. The van der Waals surface area contributed by atoms with Crippen LogP contribution in [0.4, 0.5) is 5.69 Å². The molecule has 0 radical (unpaired) electrons. The van der Waals surface area contributed by atoms with E-state index in [1.54, 1.807) is 42.5 Å². The molecular formula is C37H40BrN3O5S. The van der Waals surface area contributed by atoms with Crippen LogP contribution in [-0.2, 0) is 32.6 Å². The number of hydrogen-bond acceptors (Lipinski definition) is 5. The minimum atomic E-state index is -4.19. The van der Waals surface area contributed by atoms with Crippen molar-refractivity contribution in [2.24, 2.45) is 0 Å². The molecule has 0 unspecified atom stereocenters. The van der Waals surface area contributed by atoms with Crippen molar-refractivity contribution in [2.75, 3.05) is 17.5 Å². The zero-order chi connectivity index (χ0) is 33.2. The molecule has 10 heteroatoms. The first-order valence-corrected chi connectivity index (χ1v) is 18.2. The van der Waals surface area contributed by atoms with Crippen molar-refractivity contribution in [3.8, 4) is 5.75 Å². The molecule has 4 aromatic carbocycles. The molecule has 1 aliphatic rings. The molecule has 0 aliphatic heterocycles. The van der Waals surface area contributed by atoms with Gasteiger partial charge in [-0.05, 0) is 79.4 Å². The first kappa shape index (κ1) is 34.2. The summed E-state index contributed by atoms with van der Waals surface area (Å²) in [6, 6.07) is 31.0. The Balaban J connectivity index is 1.53. The fourth-order valence-electron chi connectivity index (χ4n) is 5.83. The molecule has 0 spiro atoms. The van der Waals surface area contributed by atoms with Gasteiger partial charge in [-0.2, -0.15) is 0 Å². The highest BCUT2D eigenvalue weighted by molar-refractivity contribution is 9.10. The SMILES string of the molecule is CCOc1ccc(S(=O)(=O)N(CC(=O)N(Cc2ccc(Br)cc2)[C@H](Cc2ccccc2)C(=O)NC2CCCC2)c2ccccc2)cc1. The molecule has 8 nitrogen and oxygen atoms in total. The third-order valence-electron chi connectivity index (χ3n) is 8.28. The van der Waals surface area contributed by atoms with Crippen molar-refractivity contribution in [2.45, 2.75) is 62.6 Å². The highest BCUT2D eigenvalue weighted by atomic mass is 79.9. The Hall–Kier alpha value is -4.15. The molecule has 1 N–H and O–H groups in total. The Labute approximate surface area is 285 Å². The van der Waals surface area contributed by atoms with Gasteiger partial charge < -0.3 is 15.0 Å². The van der Waals surface area contributed by atoms with Crippen LogP contribution in [0.3, 0.4) is 0 Å². The van der Waals surface area contributed by atoms with Crippen LogP contribution in [0, 0.1) is 0 Å². The second-order valence-electron chi connectivity index (χ2n) is 11.6. The molecule has 5 rings (SSSR count). The van der Waals surface area contributed by atoms with Gasteiger partial charge in [0.25, 0.3) is 10.0 Å². The lowest BCUT2D eigenvalue weighted by molar-refractivity contribution is -0.140. The normalized spacial score (nSPS) is 13.9. The van der Waals surface area contributed by atoms with E-state index < -0.39 is 28.5 Å². The van der Waals surface area contributed by atoms with Gasteiger partial charge >= 0.3 is 0 Å². The average Bonchev–Trinajstić information content (AvgIpc) is 3.60. The van der Waals surface area contributed by atoms with E-state index >= 15 is 0 Å². The maximum atomic E-state index is 14.6. The number of rotatable bonds is 14. The summed E-state index contributed by atoms with van der Waals surface area (Å²) in [4.78, 5) is 30.3. The number of halogens is 1. The summed E-state index contributed by atoms with van der Waals surface area (Å²) in [6.45, 7) is 1.92. The van der Waals surface area contributed by atoms with Crippen LogP contribution in [-0.4, -0.2) is 50.4 Å². The minimum Gasteiger partial charge on any atom is -0.494 e. The lowest BCUT2D eigenvalue weighted by Crippen LogP contribution is -2.54. The number of nitrogens with one attached hydrogen (secondary N) is 1. The number of hydrogen-bond donors (Lipinski definition) is 1. The van der Waals surface area contributed by atoms with Gasteiger partial charge in [-0.25, -0.2) is 8.42 Å². The highest BCUT2D eigenvalue weighted by Gasteiger charge is 2.35. The fraction of sp³-hybridized carbons (Fsp3) is 0.297. The van der Waals surface area contributed by atoms with Gasteiger partial charge in [-0.1, -0.05) is 89.4 Å². The number of sulfonamides is 1. The smallest absolute Gasteiger partial charge is 0.264 e. The van der Waals surface area contributed by atoms with Crippen molar-refractivity contribution >= 4 is 43.5 Å². The summed E-state index contributed by atoms with van der Waals surface area (Å²) in [7, 11) is -4.19. The van der Waals surface area contributed by atoms with Crippen LogP contribution in [0.15, 0.2) is 119 Å². The Morgan fingerprint density at radius 3 is 2.09 bits per heavy atom. The van der Waals surface area contributed by atoms with Crippen molar-refractivity contribution < 1.29 is 22.7 Å². The van der Waals surface area contributed by atoms with Crippen LogP contribution in [0.2, 0.25) is 0 Å². The molecular weight excluding hydrogens is 678 g/mol. The number of para-hydroxylation sites is 1. The van der Waals surface area contributed by atoms with Crippen molar-refractivity contribution in [3.05, 3.63) is 125 Å². The summed E-state index contributed by atoms with van der Waals surface area (Å²) < 4.78 is 35.9. The molecule has 1 fully saturated rings. The summed E-state index contributed by atoms with van der Waals surface area (Å²) in [6.07, 6.45) is 4.16. The van der Waals surface area contributed by atoms with Gasteiger partial charge in [0.1, 0.15) is 18.3 Å². The van der Waals surface area contributed by atoms with E-state index in [0.717, 1.165) is 45.6 Å². The monoisotopic (exact) mass is 717 g/mol. The lowest BCUT2D eigenvalue weighted by Gasteiger charge is -2.34. The molecule has 1 saturated carbocycles. The van der Waals surface area contributed by atoms with Crippen molar-refractivity contribution in [3.63, 3.8) is 0 Å². The maximum Gasteiger partial charge on any atom is 0.264 e. The topological polar surface area (TPSA) is 96.0 Å². The van der Waals surface area contributed by atoms with Gasteiger partial charge in [0.15, 0.2) is 0 Å². The average molecular weight is 719 g/mol. The summed E-state index contributed by atoms with van der Waals surface area (Å²) in [5.74, 6) is -0.188. The molecule has 0 saturated heterocycles. The van der Waals surface area contributed by atoms with E-state index in [1.165, 1.54) is 17.0 Å². The van der Waals surface area contributed by atoms with E-state index in [1.807, 2.05) is 61.5 Å². The van der Waals surface area contributed by atoms with Crippen LogP contribution >= 0.6 is 15.9 Å². The Morgan fingerprint density at radius 2 is 1.47 bits per heavy atom. The molecule has 2 amide bonds. The van der Waals surface area contributed by atoms with Gasteiger partial charge in [-0.15, -0.1) is 0 Å². The van der Waals surface area contributed by atoms with E-state index in [2.05, 4.69) is 21.2 Å². The molecule has 246 valence electrons. The fourth-order valence-corrected chi connectivity index (χ4v) is 7.51. The summed E-state index contributed by atoms with van der Waals surface area (Å²) in [5.41, 5.74) is 2.05. The number of nitrogens with zero attached hydrogens (tertiary/aromatic N) is 2. The first-order chi connectivity index (χ1) is 22.7. The predicted octanol–water partition coefficient (Wildman–Crippen LogP) is 6.74. The molecule has 1 atom stereocenters. The number of benzene rings is 4. The number of anilines is 1. The number of amides is 2. The maximum absolute atomic E-state index is 14.6. The van der Waals surface area contributed by atoms with Crippen LogP contribution in [0.1, 0.15) is 43.7 Å².